The van der Waals surface area contributed by atoms with Crippen molar-refractivity contribution in [2.75, 3.05) is 14.1 Å². The zero-order valence-corrected chi connectivity index (χ0v) is 13.4. The number of halogens is 3. The highest BCUT2D eigenvalue weighted by Crippen LogP contribution is 2.27. The molecule has 0 spiro atoms. The van der Waals surface area contributed by atoms with Crippen molar-refractivity contribution in [1.29, 1.82) is 0 Å². The number of hydrogen-bond donors (Lipinski definition) is 0. The third kappa shape index (κ3) is 3.93. The summed E-state index contributed by atoms with van der Waals surface area (Å²) in [4.78, 5) is 12.3. The molecule has 2 aromatic carbocycles. The molecular formula is C17H15ClF2N2O. The first-order chi connectivity index (χ1) is 10.8. The molecule has 0 aromatic heterocycles. The Hall–Kier alpha value is -2.27. The molecule has 0 atom stereocenters. The maximum atomic E-state index is 14.8. The van der Waals surface area contributed by atoms with E-state index in [4.69, 9.17) is 11.6 Å². The van der Waals surface area contributed by atoms with Crippen LogP contribution in [-0.4, -0.2) is 36.5 Å². The number of nitrogens with zero attached hydrogens (tertiary/aromatic N) is 2. The molecule has 0 fully saturated rings. The van der Waals surface area contributed by atoms with Gasteiger partial charge in [-0.3, -0.25) is 4.79 Å². The van der Waals surface area contributed by atoms with Crippen LogP contribution in [0.3, 0.4) is 0 Å². The highest BCUT2D eigenvalue weighted by atomic mass is 35.5. The second kappa shape index (κ2) is 6.87. The third-order valence-corrected chi connectivity index (χ3v) is 3.29. The van der Waals surface area contributed by atoms with Crippen molar-refractivity contribution in [2.24, 2.45) is 5.10 Å². The number of Topliss-reactive ketones (excluding diaryl/α,β-unsaturated/α-hetero) is 1. The van der Waals surface area contributed by atoms with Gasteiger partial charge in [0.2, 0.25) is 5.78 Å². The van der Waals surface area contributed by atoms with Gasteiger partial charge in [0.05, 0.1) is 0 Å². The monoisotopic (exact) mass is 336 g/mol. The van der Waals surface area contributed by atoms with E-state index in [-0.39, 0.29) is 11.1 Å². The van der Waals surface area contributed by atoms with E-state index in [1.54, 1.807) is 18.2 Å². The molecule has 0 bridgehead atoms. The highest BCUT2D eigenvalue weighted by molar-refractivity contribution is 6.30. The van der Waals surface area contributed by atoms with Gasteiger partial charge in [0.15, 0.2) is 0 Å². The van der Waals surface area contributed by atoms with Gasteiger partial charge in [0, 0.05) is 30.2 Å². The van der Waals surface area contributed by atoms with E-state index in [9.17, 15) is 13.6 Å². The number of benzene rings is 2. The number of carbonyl (C=O) groups is 1. The van der Waals surface area contributed by atoms with E-state index in [0.717, 1.165) is 0 Å². The molecule has 0 heterocycles. The Balaban J connectivity index is 2.48. The largest absolute Gasteiger partial charge is 0.353 e. The summed E-state index contributed by atoms with van der Waals surface area (Å²) < 4.78 is 29.5. The Labute approximate surface area is 138 Å². The van der Waals surface area contributed by atoms with Crippen molar-refractivity contribution in [3.8, 4) is 0 Å². The quantitative estimate of drug-likeness (QED) is 0.467. The van der Waals surface area contributed by atoms with E-state index in [1.807, 2.05) is 0 Å². The van der Waals surface area contributed by atoms with Crippen LogP contribution in [0.2, 0.25) is 5.02 Å². The summed E-state index contributed by atoms with van der Waals surface area (Å²) in [6, 6.07) is 13.3. The Morgan fingerprint density at radius 1 is 1.00 bits per heavy atom. The summed E-state index contributed by atoms with van der Waals surface area (Å²) in [5.41, 5.74) is -0.529. The van der Waals surface area contributed by atoms with Crippen LogP contribution in [0.15, 0.2) is 59.7 Å². The molecule has 0 unspecified atom stereocenters. The molecule has 6 heteroatoms. The van der Waals surface area contributed by atoms with E-state index in [0.29, 0.717) is 5.02 Å². The van der Waals surface area contributed by atoms with Crippen molar-refractivity contribution >= 4 is 23.1 Å². The van der Waals surface area contributed by atoms with Crippen molar-refractivity contribution in [3.63, 3.8) is 0 Å². The molecule has 0 aliphatic carbocycles. The lowest BCUT2D eigenvalue weighted by atomic mass is 9.97. The topological polar surface area (TPSA) is 32.7 Å². The van der Waals surface area contributed by atoms with E-state index >= 15 is 0 Å². The Morgan fingerprint density at radius 3 is 2.09 bits per heavy atom. The first kappa shape index (κ1) is 17.1. The summed E-state index contributed by atoms with van der Waals surface area (Å²) in [5, 5.41) is 5.45. The fraction of sp³-hybridized carbons (Fsp3) is 0.176. The lowest BCUT2D eigenvalue weighted by Gasteiger charge is -2.20. The van der Waals surface area contributed by atoms with Crippen molar-refractivity contribution < 1.29 is 13.6 Å². The molecular weight excluding hydrogens is 322 g/mol. The predicted molar refractivity (Wildman–Crippen MR) is 87.4 cm³/mol. The lowest BCUT2D eigenvalue weighted by molar-refractivity contribution is 0.0469. The van der Waals surface area contributed by atoms with Gasteiger partial charge in [-0.1, -0.05) is 41.9 Å². The molecule has 0 radical (unpaired) electrons. The van der Waals surface area contributed by atoms with Crippen LogP contribution in [0.1, 0.15) is 15.9 Å². The highest BCUT2D eigenvalue weighted by Gasteiger charge is 2.46. The minimum atomic E-state index is -3.76. The normalized spacial score (nSPS) is 12.1. The number of carbonyl (C=O) groups excluding carboxylic acids is 1. The number of hydrogen-bond acceptors (Lipinski definition) is 3. The third-order valence-electron chi connectivity index (χ3n) is 3.04. The van der Waals surface area contributed by atoms with Gasteiger partial charge in [-0.05, 0) is 24.3 Å². The van der Waals surface area contributed by atoms with E-state index < -0.39 is 17.4 Å². The van der Waals surface area contributed by atoms with Crippen LogP contribution in [0.25, 0.3) is 0 Å². The molecule has 0 aliphatic heterocycles. The summed E-state index contributed by atoms with van der Waals surface area (Å²) in [6.07, 6.45) is 0. The van der Waals surface area contributed by atoms with Gasteiger partial charge in [0.1, 0.15) is 5.71 Å². The van der Waals surface area contributed by atoms with Gasteiger partial charge in [0.25, 0.3) is 0 Å². The zero-order valence-electron chi connectivity index (χ0n) is 12.6. The predicted octanol–water partition coefficient (Wildman–Crippen LogP) is 4.12. The molecule has 0 amide bonds. The fourth-order valence-electron chi connectivity index (χ4n) is 1.99. The van der Waals surface area contributed by atoms with Crippen LogP contribution in [0.4, 0.5) is 8.78 Å². The standard InChI is InChI=1S/C17H15ClF2N2O/c1-22(2)21-15(12-6-4-3-5-7-12)17(19,20)16(23)13-8-10-14(18)11-9-13/h3-11H,1-2H3/b21-15+. The van der Waals surface area contributed by atoms with Gasteiger partial charge >= 0.3 is 5.92 Å². The molecule has 0 N–H and O–H groups in total. The summed E-state index contributed by atoms with van der Waals surface area (Å²) in [5.74, 6) is -5.09. The smallest absolute Gasteiger partial charge is 0.303 e. The fourth-order valence-corrected chi connectivity index (χ4v) is 2.11. The first-order valence-corrected chi connectivity index (χ1v) is 7.20. The maximum absolute atomic E-state index is 14.8. The van der Waals surface area contributed by atoms with Gasteiger partial charge in [-0.25, -0.2) is 0 Å². The Morgan fingerprint density at radius 2 is 1.57 bits per heavy atom. The molecule has 2 rings (SSSR count). The van der Waals surface area contributed by atoms with Crippen molar-refractivity contribution in [3.05, 3.63) is 70.7 Å². The second-order valence-corrected chi connectivity index (χ2v) is 5.51. The second-order valence-electron chi connectivity index (χ2n) is 5.07. The minimum absolute atomic E-state index is 0.123. The number of hydrazone groups is 1. The van der Waals surface area contributed by atoms with Crippen molar-refractivity contribution in [1.82, 2.24) is 5.01 Å². The molecule has 0 aliphatic rings. The molecule has 120 valence electrons. The van der Waals surface area contributed by atoms with Crippen LogP contribution in [0, 0.1) is 0 Å². The average molecular weight is 337 g/mol. The first-order valence-electron chi connectivity index (χ1n) is 6.82. The van der Waals surface area contributed by atoms with E-state index in [1.165, 1.54) is 55.5 Å². The summed E-state index contributed by atoms with van der Waals surface area (Å²) in [6.45, 7) is 0. The molecule has 0 saturated carbocycles. The lowest BCUT2D eigenvalue weighted by Crippen LogP contribution is -2.39. The van der Waals surface area contributed by atoms with Gasteiger partial charge in [-0.2, -0.15) is 13.9 Å². The molecule has 0 saturated heterocycles. The van der Waals surface area contributed by atoms with E-state index in [2.05, 4.69) is 5.10 Å². The SMILES string of the molecule is CN(C)/N=C(\c1ccccc1)C(F)(F)C(=O)c1ccc(Cl)cc1. The van der Waals surface area contributed by atoms with Crippen LogP contribution < -0.4 is 0 Å². The maximum Gasteiger partial charge on any atom is 0.353 e. The minimum Gasteiger partial charge on any atom is -0.303 e. The molecule has 23 heavy (non-hydrogen) atoms. The van der Waals surface area contributed by atoms with Crippen LogP contribution in [-0.2, 0) is 0 Å². The van der Waals surface area contributed by atoms with Gasteiger partial charge < -0.3 is 5.01 Å². The summed E-state index contributed by atoms with van der Waals surface area (Å²) in [7, 11) is 3.04. The molecule has 3 nitrogen and oxygen atoms in total. The zero-order chi connectivity index (χ0) is 17.0. The van der Waals surface area contributed by atoms with Crippen LogP contribution >= 0.6 is 11.6 Å². The van der Waals surface area contributed by atoms with Crippen LogP contribution in [0.5, 0.6) is 0 Å². The number of alkyl halides is 2. The average Bonchev–Trinajstić information content (AvgIpc) is 2.53. The van der Waals surface area contributed by atoms with Gasteiger partial charge in [-0.15, -0.1) is 0 Å². The summed E-state index contributed by atoms with van der Waals surface area (Å²) >= 11 is 5.73. The van der Waals surface area contributed by atoms with Crippen molar-refractivity contribution in [2.45, 2.75) is 5.92 Å². The molecule has 2 aromatic rings. The Kier molecular flexibility index (Phi) is 5.11. The number of rotatable bonds is 5. The Bertz CT molecular complexity index is 713. The number of ketones is 1.